The highest BCUT2D eigenvalue weighted by molar-refractivity contribution is 7.90. The SMILES string of the molecule is CCc1cc(N2CCCC(Nc3ccc([N+](=O)[O-])cc3S(C)(=O)=O)C2)ncn1. The molecule has 0 bridgehead atoms. The summed E-state index contributed by atoms with van der Waals surface area (Å²) in [6.45, 7) is 3.55. The fourth-order valence-corrected chi connectivity index (χ4v) is 4.19. The van der Waals surface area contributed by atoms with Crippen LogP contribution in [-0.4, -0.2) is 48.7 Å². The summed E-state index contributed by atoms with van der Waals surface area (Å²) in [4.78, 5) is 21.1. The number of rotatable bonds is 6. The quantitative estimate of drug-likeness (QED) is 0.575. The number of nitrogens with zero attached hydrogens (tertiary/aromatic N) is 4. The zero-order chi connectivity index (χ0) is 20.3. The van der Waals surface area contributed by atoms with E-state index in [0.29, 0.717) is 12.2 Å². The standard InChI is InChI=1S/C18H23N5O4S/c1-3-13-9-18(20-12-19-13)22-8-4-5-14(11-22)21-16-7-6-15(23(24)25)10-17(16)28(2,26)27/h6-7,9-10,12,14,21H,3-5,8,11H2,1-2H3. The summed E-state index contributed by atoms with van der Waals surface area (Å²) in [5, 5.41) is 14.3. The molecular formula is C18H23N5O4S. The summed E-state index contributed by atoms with van der Waals surface area (Å²) in [5.74, 6) is 0.852. The van der Waals surface area contributed by atoms with Crippen LogP contribution in [-0.2, 0) is 16.3 Å². The van der Waals surface area contributed by atoms with Gasteiger partial charge in [-0.3, -0.25) is 10.1 Å². The van der Waals surface area contributed by atoms with E-state index in [9.17, 15) is 18.5 Å². The molecule has 1 atom stereocenters. The number of benzene rings is 1. The van der Waals surface area contributed by atoms with Gasteiger partial charge in [0.2, 0.25) is 0 Å². The zero-order valence-corrected chi connectivity index (χ0v) is 16.6. The van der Waals surface area contributed by atoms with Gasteiger partial charge in [0, 0.05) is 49.3 Å². The second-order valence-corrected chi connectivity index (χ2v) is 8.84. The van der Waals surface area contributed by atoms with Gasteiger partial charge in [-0.1, -0.05) is 6.92 Å². The molecule has 1 N–H and O–H groups in total. The van der Waals surface area contributed by atoms with E-state index in [-0.39, 0.29) is 16.6 Å². The van der Waals surface area contributed by atoms with E-state index >= 15 is 0 Å². The van der Waals surface area contributed by atoms with E-state index < -0.39 is 14.8 Å². The Morgan fingerprint density at radius 1 is 1.32 bits per heavy atom. The predicted octanol–water partition coefficient (Wildman–Crippen LogP) is 2.43. The van der Waals surface area contributed by atoms with Crippen LogP contribution < -0.4 is 10.2 Å². The van der Waals surface area contributed by atoms with Crippen LogP contribution in [0.25, 0.3) is 0 Å². The van der Waals surface area contributed by atoms with E-state index in [4.69, 9.17) is 0 Å². The van der Waals surface area contributed by atoms with Crippen LogP contribution in [0.1, 0.15) is 25.5 Å². The van der Waals surface area contributed by atoms with Gasteiger partial charge in [0.15, 0.2) is 9.84 Å². The van der Waals surface area contributed by atoms with Crippen molar-refractivity contribution in [1.29, 1.82) is 0 Å². The minimum atomic E-state index is -3.62. The van der Waals surface area contributed by atoms with Crippen LogP contribution in [0.15, 0.2) is 35.5 Å². The van der Waals surface area contributed by atoms with Crippen molar-refractivity contribution < 1.29 is 13.3 Å². The highest BCUT2D eigenvalue weighted by Gasteiger charge is 2.24. The molecule has 2 heterocycles. The van der Waals surface area contributed by atoms with Crippen molar-refractivity contribution in [2.24, 2.45) is 0 Å². The maximum absolute atomic E-state index is 12.1. The molecule has 0 aliphatic carbocycles. The average Bonchev–Trinajstić information content (AvgIpc) is 2.67. The number of nitro benzene ring substituents is 1. The number of sulfone groups is 1. The van der Waals surface area contributed by atoms with Crippen LogP contribution in [0.4, 0.5) is 17.2 Å². The first-order valence-electron chi connectivity index (χ1n) is 9.09. The van der Waals surface area contributed by atoms with Crippen LogP contribution in [0, 0.1) is 10.1 Å². The van der Waals surface area contributed by atoms with E-state index in [0.717, 1.165) is 49.6 Å². The first-order chi connectivity index (χ1) is 13.3. The van der Waals surface area contributed by atoms with Crippen molar-refractivity contribution in [3.8, 4) is 0 Å². The lowest BCUT2D eigenvalue weighted by Gasteiger charge is -2.34. The van der Waals surface area contributed by atoms with E-state index in [2.05, 4.69) is 20.2 Å². The van der Waals surface area contributed by atoms with Crippen LogP contribution in [0.2, 0.25) is 0 Å². The summed E-state index contributed by atoms with van der Waals surface area (Å²) in [5.41, 5.74) is 1.11. The monoisotopic (exact) mass is 405 g/mol. The molecule has 3 rings (SSSR count). The molecule has 150 valence electrons. The second kappa shape index (κ2) is 8.09. The number of hydrogen-bond donors (Lipinski definition) is 1. The van der Waals surface area contributed by atoms with Gasteiger partial charge >= 0.3 is 0 Å². The molecule has 28 heavy (non-hydrogen) atoms. The molecule has 0 spiro atoms. The summed E-state index contributed by atoms with van der Waals surface area (Å²) >= 11 is 0. The average molecular weight is 405 g/mol. The van der Waals surface area contributed by atoms with E-state index in [1.165, 1.54) is 12.1 Å². The van der Waals surface area contributed by atoms with Gasteiger partial charge < -0.3 is 10.2 Å². The molecule has 0 radical (unpaired) electrons. The number of nitro groups is 1. The van der Waals surface area contributed by atoms with E-state index in [1.807, 2.05) is 13.0 Å². The fourth-order valence-electron chi connectivity index (χ4n) is 3.33. The molecule has 0 saturated carbocycles. The number of anilines is 2. The molecule has 2 aromatic rings. The van der Waals surface area contributed by atoms with Crippen LogP contribution >= 0.6 is 0 Å². The molecule has 1 aromatic heterocycles. The van der Waals surface area contributed by atoms with Gasteiger partial charge in [0.25, 0.3) is 5.69 Å². The Labute approximate surface area is 163 Å². The molecule has 1 saturated heterocycles. The van der Waals surface area contributed by atoms with Crippen molar-refractivity contribution >= 4 is 27.0 Å². The number of hydrogen-bond acceptors (Lipinski definition) is 8. The van der Waals surface area contributed by atoms with E-state index in [1.54, 1.807) is 6.33 Å². The van der Waals surface area contributed by atoms with Gasteiger partial charge in [0.1, 0.15) is 12.1 Å². The van der Waals surface area contributed by atoms with Crippen LogP contribution in [0.5, 0.6) is 0 Å². The predicted molar refractivity (Wildman–Crippen MR) is 106 cm³/mol. The molecule has 10 heteroatoms. The Morgan fingerprint density at radius 3 is 2.79 bits per heavy atom. The molecule has 9 nitrogen and oxygen atoms in total. The smallest absolute Gasteiger partial charge is 0.270 e. The van der Waals surface area contributed by atoms with Gasteiger partial charge in [0.05, 0.1) is 15.5 Å². The maximum atomic E-state index is 12.1. The summed E-state index contributed by atoms with van der Waals surface area (Å²) in [7, 11) is -3.62. The number of aromatic nitrogens is 2. The Balaban J connectivity index is 1.82. The zero-order valence-electron chi connectivity index (χ0n) is 15.8. The summed E-state index contributed by atoms with van der Waals surface area (Å²) in [6.07, 6.45) is 5.22. The normalized spacial score (nSPS) is 17.4. The molecule has 1 aromatic carbocycles. The van der Waals surface area contributed by atoms with Crippen molar-refractivity contribution in [2.45, 2.75) is 37.1 Å². The Hall–Kier alpha value is -2.75. The third-order valence-corrected chi connectivity index (χ3v) is 5.89. The Kier molecular flexibility index (Phi) is 5.78. The van der Waals surface area contributed by atoms with Crippen molar-refractivity contribution in [2.75, 3.05) is 29.6 Å². The van der Waals surface area contributed by atoms with Gasteiger partial charge in [-0.2, -0.15) is 0 Å². The fraction of sp³-hybridized carbons (Fsp3) is 0.444. The Bertz CT molecular complexity index is 980. The van der Waals surface area contributed by atoms with Crippen LogP contribution in [0.3, 0.4) is 0 Å². The highest BCUT2D eigenvalue weighted by atomic mass is 32.2. The third-order valence-electron chi connectivity index (χ3n) is 4.75. The third kappa shape index (κ3) is 4.56. The molecule has 1 unspecified atom stereocenters. The topological polar surface area (TPSA) is 118 Å². The number of non-ortho nitro benzene ring substituents is 1. The molecule has 0 amide bonds. The first-order valence-corrected chi connectivity index (χ1v) is 11.0. The summed E-state index contributed by atoms with van der Waals surface area (Å²) in [6, 6.07) is 5.85. The Morgan fingerprint density at radius 2 is 2.11 bits per heavy atom. The second-order valence-electron chi connectivity index (χ2n) is 6.86. The van der Waals surface area contributed by atoms with Gasteiger partial charge in [-0.05, 0) is 25.3 Å². The largest absolute Gasteiger partial charge is 0.379 e. The minimum absolute atomic E-state index is 0.00394. The molecule has 1 fully saturated rings. The molecule has 1 aliphatic rings. The summed E-state index contributed by atoms with van der Waals surface area (Å²) < 4.78 is 24.3. The van der Waals surface area contributed by atoms with Gasteiger partial charge in [-0.25, -0.2) is 18.4 Å². The molecule has 1 aliphatic heterocycles. The lowest BCUT2D eigenvalue weighted by atomic mass is 10.0. The maximum Gasteiger partial charge on any atom is 0.270 e. The first kappa shape index (κ1) is 20.0. The van der Waals surface area contributed by atoms with Gasteiger partial charge in [-0.15, -0.1) is 0 Å². The van der Waals surface area contributed by atoms with Crippen molar-refractivity contribution in [3.05, 3.63) is 46.4 Å². The number of piperidine rings is 1. The van der Waals surface area contributed by atoms with Crippen molar-refractivity contribution in [3.63, 3.8) is 0 Å². The molecular weight excluding hydrogens is 382 g/mol. The van der Waals surface area contributed by atoms with Crippen molar-refractivity contribution in [1.82, 2.24) is 9.97 Å². The number of nitrogens with one attached hydrogen (secondary N) is 1. The number of aryl methyl sites for hydroxylation is 1. The lowest BCUT2D eigenvalue weighted by molar-refractivity contribution is -0.385. The lowest BCUT2D eigenvalue weighted by Crippen LogP contribution is -2.42. The minimum Gasteiger partial charge on any atom is -0.379 e. The highest BCUT2D eigenvalue weighted by Crippen LogP contribution is 2.29.